The molecule has 0 fully saturated rings. The van der Waals surface area contributed by atoms with E-state index in [4.69, 9.17) is 14.2 Å². The zero-order valence-electron chi connectivity index (χ0n) is 39.2. The van der Waals surface area contributed by atoms with Gasteiger partial charge in [-0.1, -0.05) is 111 Å². The largest absolute Gasteiger partial charge is 0.487 e. The number of benzene rings is 3. The molecule has 0 saturated carbocycles. The van der Waals surface area contributed by atoms with Gasteiger partial charge in [0.05, 0.1) is 11.2 Å². The third-order valence-electron chi connectivity index (χ3n) is 15.8. The van der Waals surface area contributed by atoms with Crippen molar-refractivity contribution in [2.75, 3.05) is 0 Å². The lowest BCUT2D eigenvalue weighted by Crippen LogP contribution is -2.58. The molecule has 0 aromatic heterocycles. The highest BCUT2D eigenvalue weighted by molar-refractivity contribution is 5.53. The van der Waals surface area contributed by atoms with E-state index in [1.165, 1.54) is 55.6 Å². The lowest BCUT2D eigenvalue weighted by molar-refractivity contribution is -0.173. The summed E-state index contributed by atoms with van der Waals surface area (Å²) in [6.45, 7) is 53.9. The summed E-state index contributed by atoms with van der Waals surface area (Å²) in [5, 5.41) is 0. The first-order chi connectivity index (χ1) is 24.0. The normalized spacial score (nSPS) is 23.3. The quantitative estimate of drug-likeness (QED) is 0.230. The summed E-state index contributed by atoms with van der Waals surface area (Å²) in [7, 11) is 0. The Bertz CT molecular complexity index is 1920. The summed E-state index contributed by atoms with van der Waals surface area (Å²) in [5.41, 5.74) is 13.1. The van der Waals surface area contributed by atoms with Gasteiger partial charge in [0.2, 0.25) is 0 Å². The minimum atomic E-state index is -0.217. The van der Waals surface area contributed by atoms with Gasteiger partial charge in [-0.05, 0) is 136 Å². The summed E-state index contributed by atoms with van der Waals surface area (Å²) in [5.74, 6) is 2.16. The lowest BCUT2D eigenvalue weighted by atomic mass is 9.55. The molecule has 3 nitrogen and oxygen atoms in total. The van der Waals surface area contributed by atoms with Crippen molar-refractivity contribution in [3.05, 3.63) is 92.0 Å². The lowest BCUT2D eigenvalue weighted by Gasteiger charge is -2.56. The molecule has 54 heavy (non-hydrogen) atoms. The molecular formula is C51H78O3. The minimum Gasteiger partial charge on any atom is -0.487 e. The summed E-state index contributed by atoms with van der Waals surface area (Å²) >= 11 is 0. The summed E-state index contributed by atoms with van der Waals surface area (Å²) in [4.78, 5) is 0. The second-order valence-electron chi connectivity index (χ2n) is 21.9. The van der Waals surface area contributed by atoms with Crippen molar-refractivity contribution in [1.82, 2.24) is 0 Å². The molecule has 0 bridgehead atoms. The number of aryl methyl sites for hydroxylation is 6. The van der Waals surface area contributed by atoms with Crippen LogP contribution in [0.15, 0.2) is 36.4 Å². The highest BCUT2D eigenvalue weighted by Gasteiger charge is 2.56. The second kappa shape index (κ2) is 13.1. The van der Waals surface area contributed by atoms with Crippen molar-refractivity contribution in [3.63, 3.8) is 0 Å². The number of hydrogen-bond donors (Lipinski definition) is 0. The average Bonchev–Trinajstić information content (AvgIpc) is 2.95. The Labute approximate surface area is 332 Å². The van der Waals surface area contributed by atoms with E-state index in [1.807, 2.05) is 0 Å². The first-order valence-electron chi connectivity index (χ1n) is 20.4. The molecule has 3 heteroatoms. The highest BCUT2D eigenvalue weighted by atomic mass is 16.5. The Balaban J connectivity index is 0.000000180. The van der Waals surface area contributed by atoms with Gasteiger partial charge < -0.3 is 14.2 Å². The Morgan fingerprint density at radius 3 is 1.30 bits per heavy atom. The van der Waals surface area contributed by atoms with E-state index >= 15 is 0 Å². The van der Waals surface area contributed by atoms with Gasteiger partial charge in [0.1, 0.15) is 22.7 Å². The van der Waals surface area contributed by atoms with Crippen molar-refractivity contribution in [1.29, 1.82) is 0 Å². The molecule has 0 saturated heterocycles. The van der Waals surface area contributed by atoms with Crippen molar-refractivity contribution in [2.24, 2.45) is 10.8 Å². The second-order valence-corrected chi connectivity index (χ2v) is 21.9. The summed E-state index contributed by atoms with van der Waals surface area (Å²) in [6, 6.07) is 13.5. The fourth-order valence-corrected chi connectivity index (χ4v) is 9.70. The Hall–Kier alpha value is -2.78. The van der Waals surface area contributed by atoms with Crippen LogP contribution in [0.5, 0.6) is 11.5 Å². The van der Waals surface area contributed by atoms with E-state index in [-0.39, 0.29) is 49.5 Å². The van der Waals surface area contributed by atoms with Gasteiger partial charge >= 0.3 is 0 Å². The van der Waals surface area contributed by atoms with Crippen LogP contribution >= 0.6 is 0 Å². The topological polar surface area (TPSA) is 27.7 Å². The Kier molecular flexibility index (Phi) is 10.7. The zero-order valence-corrected chi connectivity index (χ0v) is 39.2. The van der Waals surface area contributed by atoms with Crippen LogP contribution < -0.4 is 9.47 Å². The molecule has 0 aliphatic carbocycles. The van der Waals surface area contributed by atoms with E-state index in [0.717, 1.165) is 11.5 Å². The number of hydrogen-bond acceptors (Lipinski definition) is 3. The van der Waals surface area contributed by atoms with Crippen LogP contribution in [0, 0.1) is 52.4 Å². The van der Waals surface area contributed by atoms with Gasteiger partial charge in [0.15, 0.2) is 0 Å². The van der Waals surface area contributed by atoms with Crippen LogP contribution in [-0.4, -0.2) is 16.8 Å². The van der Waals surface area contributed by atoms with Gasteiger partial charge in [-0.25, -0.2) is 0 Å². The van der Waals surface area contributed by atoms with Gasteiger partial charge in [-0.2, -0.15) is 0 Å². The molecule has 0 atom stereocenters. The van der Waals surface area contributed by atoms with E-state index in [9.17, 15) is 0 Å². The van der Waals surface area contributed by atoms with E-state index in [1.54, 1.807) is 0 Å². The third kappa shape index (κ3) is 6.75. The van der Waals surface area contributed by atoms with Crippen LogP contribution in [0.1, 0.15) is 180 Å². The maximum Gasteiger partial charge on any atom is 0.126 e. The number of ether oxygens (including phenoxy) is 3. The highest BCUT2D eigenvalue weighted by Crippen LogP contribution is 2.58. The molecule has 0 radical (unpaired) electrons. The van der Waals surface area contributed by atoms with Crippen LogP contribution in [0.2, 0.25) is 0 Å². The van der Waals surface area contributed by atoms with Crippen molar-refractivity contribution in [3.8, 4) is 11.5 Å². The molecule has 0 unspecified atom stereocenters. The molecular weight excluding hydrogens is 661 g/mol. The Morgan fingerprint density at radius 1 is 0.370 bits per heavy atom. The van der Waals surface area contributed by atoms with Crippen molar-refractivity contribution in [2.45, 2.75) is 205 Å². The summed E-state index contributed by atoms with van der Waals surface area (Å²) in [6.07, 6.45) is 0. The predicted molar refractivity (Wildman–Crippen MR) is 232 cm³/mol. The monoisotopic (exact) mass is 739 g/mol. The molecule has 3 heterocycles. The zero-order chi connectivity index (χ0) is 41.8. The number of fused-ring (bicyclic) bond motifs is 3. The molecule has 3 aromatic carbocycles. The summed E-state index contributed by atoms with van der Waals surface area (Å²) < 4.78 is 19.1. The first-order valence-corrected chi connectivity index (χ1v) is 20.4. The predicted octanol–water partition coefficient (Wildman–Crippen LogP) is 14.2. The van der Waals surface area contributed by atoms with Crippen LogP contribution in [-0.2, 0) is 26.6 Å². The van der Waals surface area contributed by atoms with E-state index < -0.39 is 0 Å². The minimum absolute atomic E-state index is 0.0234. The smallest absolute Gasteiger partial charge is 0.126 e. The molecule has 3 aliphatic rings. The van der Waals surface area contributed by atoms with Crippen LogP contribution in [0.4, 0.5) is 0 Å². The van der Waals surface area contributed by atoms with Gasteiger partial charge in [-0.3, -0.25) is 0 Å². The van der Waals surface area contributed by atoms with Crippen molar-refractivity contribution < 1.29 is 14.2 Å². The Morgan fingerprint density at radius 2 is 0.778 bits per heavy atom. The SMILES string of the molecule is Cc1cc(C)c2c(c1)C(C)(C)C(C)(C)C(C)(C)O2.Cc1cc(C)c2c(c1)C(C)(C)OC(C)(C)C2(C)C.Cc1cc(C)c2c(c1)OC(C)(C)C(C)(C)C2(C)C. The molecule has 3 aromatic rings. The fraction of sp³-hybridized carbons (Fsp3) is 0.647. The third-order valence-corrected chi connectivity index (χ3v) is 15.8. The fourth-order valence-electron chi connectivity index (χ4n) is 9.70. The average molecular weight is 739 g/mol. The standard InChI is InChI=1S/3C17H26O/c1-11-9-12(2)14-13(10-11)18-17(7,8)16(5,6)15(14,3)4;1-11-9-12(2)14-13(10-11)16(5,6)18-17(7,8)15(14,3)4;1-11-9-12(2)14-13(10-11)15(3,4)16(5,6)17(7,8)18-14/h3*9-10H,1-8H3. The molecule has 0 amide bonds. The van der Waals surface area contributed by atoms with Crippen LogP contribution in [0.25, 0.3) is 0 Å². The molecule has 3 aliphatic heterocycles. The number of rotatable bonds is 0. The van der Waals surface area contributed by atoms with E-state index in [2.05, 4.69) is 203 Å². The van der Waals surface area contributed by atoms with Crippen molar-refractivity contribution >= 4 is 0 Å². The van der Waals surface area contributed by atoms with Gasteiger partial charge in [-0.15, -0.1) is 0 Å². The molecule has 6 rings (SSSR count). The van der Waals surface area contributed by atoms with Gasteiger partial charge in [0, 0.05) is 38.2 Å². The molecule has 0 N–H and O–H groups in total. The maximum absolute atomic E-state index is 6.41. The molecule has 0 spiro atoms. The van der Waals surface area contributed by atoms with Crippen LogP contribution in [0.3, 0.4) is 0 Å². The van der Waals surface area contributed by atoms with Gasteiger partial charge in [0.25, 0.3) is 0 Å². The maximum atomic E-state index is 6.41. The van der Waals surface area contributed by atoms with E-state index in [0.29, 0.717) is 0 Å². The molecule has 300 valence electrons. The first kappa shape index (κ1) is 43.9.